The summed E-state index contributed by atoms with van der Waals surface area (Å²) in [7, 11) is 0. The van der Waals surface area contributed by atoms with Crippen LogP contribution in [-0.2, 0) is 9.59 Å². The topological polar surface area (TPSA) is 67.9 Å². The van der Waals surface area contributed by atoms with Gasteiger partial charge < -0.3 is 19.7 Å². The number of fused-ring (bicyclic) bond motifs is 1. The summed E-state index contributed by atoms with van der Waals surface area (Å²) in [6, 6.07) is 5.39. The van der Waals surface area contributed by atoms with Crippen LogP contribution < -0.4 is 14.8 Å². The van der Waals surface area contributed by atoms with Gasteiger partial charge in [0.05, 0.1) is 5.92 Å². The van der Waals surface area contributed by atoms with Crippen LogP contribution in [0.4, 0.5) is 5.69 Å². The van der Waals surface area contributed by atoms with Crippen LogP contribution in [0.3, 0.4) is 0 Å². The Kier molecular flexibility index (Phi) is 3.45. The molecule has 2 aliphatic rings. The third-order valence-corrected chi connectivity index (χ3v) is 3.79. The SMILES string of the molecule is CC(C)N1C[C@@H](C(=O)Nc2ccc3c(c2)OCO3)CC1=O. The van der Waals surface area contributed by atoms with Crippen molar-refractivity contribution in [3.63, 3.8) is 0 Å². The van der Waals surface area contributed by atoms with Gasteiger partial charge in [0, 0.05) is 30.8 Å². The van der Waals surface area contributed by atoms with Gasteiger partial charge in [-0.15, -0.1) is 0 Å². The number of benzene rings is 1. The Balaban J connectivity index is 1.66. The number of nitrogens with zero attached hydrogens (tertiary/aromatic N) is 1. The van der Waals surface area contributed by atoms with Crippen molar-refractivity contribution in [2.75, 3.05) is 18.7 Å². The Labute approximate surface area is 123 Å². The van der Waals surface area contributed by atoms with Crippen molar-refractivity contribution in [2.24, 2.45) is 5.92 Å². The average Bonchev–Trinajstić information content (AvgIpc) is 3.04. The Morgan fingerprint density at radius 1 is 1.33 bits per heavy atom. The summed E-state index contributed by atoms with van der Waals surface area (Å²) >= 11 is 0. The maximum Gasteiger partial charge on any atom is 0.231 e. The molecule has 1 saturated heterocycles. The summed E-state index contributed by atoms with van der Waals surface area (Å²) < 4.78 is 10.5. The zero-order chi connectivity index (χ0) is 15.0. The second-order valence-corrected chi connectivity index (χ2v) is 5.60. The molecule has 1 aromatic rings. The van der Waals surface area contributed by atoms with Gasteiger partial charge in [0.25, 0.3) is 0 Å². The molecule has 1 aromatic carbocycles. The minimum Gasteiger partial charge on any atom is -0.454 e. The smallest absolute Gasteiger partial charge is 0.231 e. The van der Waals surface area contributed by atoms with Crippen molar-refractivity contribution in [3.8, 4) is 11.5 Å². The number of carbonyl (C=O) groups excluding carboxylic acids is 2. The zero-order valence-electron chi connectivity index (χ0n) is 12.1. The first kappa shape index (κ1) is 13.7. The second-order valence-electron chi connectivity index (χ2n) is 5.60. The highest BCUT2D eigenvalue weighted by molar-refractivity contribution is 5.97. The lowest BCUT2D eigenvalue weighted by molar-refractivity contribution is -0.129. The highest BCUT2D eigenvalue weighted by atomic mass is 16.7. The fraction of sp³-hybridized carbons (Fsp3) is 0.467. The Morgan fingerprint density at radius 2 is 2.10 bits per heavy atom. The molecule has 6 nitrogen and oxygen atoms in total. The molecule has 0 radical (unpaired) electrons. The molecule has 0 bridgehead atoms. The van der Waals surface area contributed by atoms with Crippen LogP contribution in [-0.4, -0.2) is 36.1 Å². The van der Waals surface area contributed by atoms with Gasteiger partial charge in [0.1, 0.15) is 0 Å². The number of likely N-dealkylation sites (tertiary alicyclic amines) is 1. The zero-order valence-corrected chi connectivity index (χ0v) is 12.1. The van der Waals surface area contributed by atoms with Crippen LogP contribution in [0.25, 0.3) is 0 Å². The molecule has 0 aromatic heterocycles. The molecule has 6 heteroatoms. The summed E-state index contributed by atoms with van der Waals surface area (Å²) in [5.74, 6) is 0.903. The first-order valence-electron chi connectivity index (χ1n) is 7.04. The number of ether oxygens (including phenoxy) is 2. The number of hydrogen-bond donors (Lipinski definition) is 1. The van der Waals surface area contributed by atoms with Crippen molar-refractivity contribution < 1.29 is 19.1 Å². The van der Waals surface area contributed by atoms with E-state index >= 15 is 0 Å². The maximum absolute atomic E-state index is 12.3. The van der Waals surface area contributed by atoms with Crippen LogP contribution in [0.5, 0.6) is 11.5 Å². The Bertz CT molecular complexity index is 585. The molecule has 0 aliphatic carbocycles. The largest absolute Gasteiger partial charge is 0.454 e. The molecule has 0 spiro atoms. The van der Waals surface area contributed by atoms with Gasteiger partial charge in [0.15, 0.2) is 11.5 Å². The minimum atomic E-state index is -0.301. The third-order valence-electron chi connectivity index (χ3n) is 3.79. The van der Waals surface area contributed by atoms with Gasteiger partial charge in [-0.25, -0.2) is 0 Å². The van der Waals surface area contributed by atoms with E-state index in [2.05, 4.69) is 5.32 Å². The van der Waals surface area contributed by atoms with E-state index in [9.17, 15) is 9.59 Å². The molecule has 112 valence electrons. The molecule has 21 heavy (non-hydrogen) atoms. The fourth-order valence-corrected chi connectivity index (χ4v) is 2.62. The summed E-state index contributed by atoms with van der Waals surface area (Å²) in [6.07, 6.45) is 0.272. The van der Waals surface area contributed by atoms with Gasteiger partial charge in [-0.1, -0.05) is 0 Å². The molecular weight excluding hydrogens is 272 g/mol. The third kappa shape index (κ3) is 2.66. The predicted octanol–water partition coefficient (Wildman–Crippen LogP) is 1.61. The van der Waals surface area contributed by atoms with Crippen molar-refractivity contribution in [1.29, 1.82) is 0 Å². The maximum atomic E-state index is 12.3. The highest BCUT2D eigenvalue weighted by Gasteiger charge is 2.35. The van der Waals surface area contributed by atoms with E-state index in [-0.39, 0.29) is 37.0 Å². The fourth-order valence-electron chi connectivity index (χ4n) is 2.62. The van der Waals surface area contributed by atoms with Crippen LogP contribution in [0.2, 0.25) is 0 Å². The van der Waals surface area contributed by atoms with E-state index in [1.54, 1.807) is 23.1 Å². The van der Waals surface area contributed by atoms with Crippen LogP contribution >= 0.6 is 0 Å². The van der Waals surface area contributed by atoms with Gasteiger partial charge in [-0.2, -0.15) is 0 Å². The number of hydrogen-bond acceptors (Lipinski definition) is 4. The second kappa shape index (κ2) is 5.27. The normalized spacial score (nSPS) is 20.2. The van der Waals surface area contributed by atoms with E-state index in [1.165, 1.54) is 0 Å². The molecule has 0 saturated carbocycles. The number of anilines is 1. The number of carbonyl (C=O) groups is 2. The molecule has 3 rings (SSSR count). The first-order chi connectivity index (χ1) is 10.0. The van der Waals surface area contributed by atoms with Gasteiger partial charge >= 0.3 is 0 Å². The molecular formula is C15H18N2O4. The molecule has 1 fully saturated rings. The number of amides is 2. The van der Waals surface area contributed by atoms with E-state index in [1.807, 2.05) is 13.8 Å². The van der Waals surface area contributed by atoms with Crippen LogP contribution in [0, 0.1) is 5.92 Å². The summed E-state index contributed by atoms with van der Waals surface area (Å²) in [5, 5.41) is 2.84. The lowest BCUT2D eigenvalue weighted by Crippen LogP contribution is -2.33. The van der Waals surface area contributed by atoms with E-state index in [0.29, 0.717) is 23.7 Å². The van der Waals surface area contributed by atoms with Gasteiger partial charge in [-0.05, 0) is 26.0 Å². The predicted molar refractivity (Wildman–Crippen MR) is 76.2 cm³/mol. The lowest BCUT2D eigenvalue weighted by atomic mass is 10.1. The molecule has 1 atom stereocenters. The monoisotopic (exact) mass is 290 g/mol. The Hall–Kier alpha value is -2.24. The quantitative estimate of drug-likeness (QED) is 0.918. The lowest BCUT2D eigenvalue weighted by Gasteiger charge is -2.20. The van der Waals surface area contributed by atoms with E-state index in [4.69, 9.17) is 9.47 Å². The summed E-state index contributed by atoms with van der Waals surface area (Å²) in [6.45, 7) is 4.59. The molecule has 2 heterocycles. The molecule has 2 amide bonds. The Morgan fingerprint density at radius 3 is 2.81 bits per heavy atom. The van der Waals surface area contributed by atoms with Crippen LogP contribution in [0.15, 0.2) is 18.2 Å². The van der Waals surface area contributed by atoms with Crippen LogP contribution in [0.1, 0.15) is 20.3 Å². The van der Waals surface area contributed by atoms with Crippen molar-refractivity contribution >= 4 is 17.5 Å². The van der Waals surface area contributed by atoms with Gasteiger partial charge in [-0.3, -0.25) is 9.59 Å². The van der Waals surface area contributed by atoms with Crippen molar-refractivity contribution in [2.45, 2.75) is 26.3 Å². The average molecular weight is 290 g/mol. The molecule has 0 unspecified atom stereocenters. The summed E-state index contributed by atoms with van der Waals surface area (Å²) in [5.41, 5.74) is 0.652. The highest BCUT2D eigenvalue weighted by Crippen LogP contribution is 2.34. The first-order valence-corrected chi connectivity index (χ1v) is 7.04. The molecule has 1 N–H and O–H groups in total. The van der Waals surface area contributed by atoms with E-state index < -0.39 is 0 Å². The standard InChI is InChI=1S/C15H18N2O4/c1-9(2)17-7-10(5-14(17)18)15(19)16-11-3-4-12-13(6-11)21-8-20-12/h3-4,6,9-10H,5,7-8H2,1-2H3,(H,16,19)/t10-/m0/s1. The number of nitrogens with one attached hydrogen (secondary N) is 1. The van der Waals surface area contributed by atoms with Crippen molar-refractivity contribution in [1.82, 2.24) is 4.90 Å². The van der Waals surface area contributed by atoms with Crippen molar-refractivity contribution in [3.05, 3.63) is 18.2 Å². The minimum absolute atomic E-state index is 0.0378. The number of rotatable bonds is 3. The van der Waals surface area contributed by atoms with E-state index in [0.717, 1.165) is 0 Å². The van der Waals surface area contributed by atoms with Gasteiger partial charge in [0.2, 0.25) is 18.6 Å². The molecule has 2 aliphatic heterocycles. The summed E-state index contributed by atoms with van der Waals surface area (Å²) in [4.78, 5) is 25.9.